The average Bonchev–Trinajstić information content (AvgIpc) is 3.21. The van der Waals surface area contributed by atoms with Gasteiger partial charge in [0, 0.05) is 30.6 Å². The molecule has 1 heterocycles. The third-order valence-corrected chi connectivity index (χ3v) is 9.73. The van der Waals surface area contributed by atoms with Gasteiger partial charge in [-0.25, -0.2) is 8.78 Å². The summed E-state index contributed by atoms with van der Waals surface area (Å²) in [6, 6.07) is 0. The standard InChI is InChI=1S/C28H34F2O8/c1-14(31)35-13-21(34)28-22(37-24(3,4)38-28)11-17-18-10-20(29)19-9-16(33)7-8-25(19,5)27(18,30)23(36-15(2)32)12-26(17,28)6/h7-9,17-18,20,22-23H,10-13H2,1-6H3/t17-,18-,20-,22+,23-,25-,26-,27-,28+/m0/s1. The molecule has 0 radical (unpaired) electrons. The highest BCUT2D eigenvalue weighted by atomic mass is 19.1. The van der Waals surface area contributed by atoms with E-state index in [0.29, 0.717) is 0 Å². The third-order valence-electron chi connectivity index (χ3n) is 9.73. The molecule has 4 aliphatic carbocycles. The number of hydrogen-bond donors (Lipinski definition) is 0. The Bertz CT molecular complexity index is 1180. The van der Waals surface area contributed by atoms with E-state index in [1.54, 1.807) is 20.8 Å². The number of carbonyl (C=O) groups excluding carboxylic acids is 4. The van der Waals surface area contributed by atoms with Crippen molar-refractivity contribution in [3.8, 4) is 0 Å². The van der Waals surface area contributed by atoms with E-state index < -0.39 is 88.2 Å². The van der Waals surface area contributed by atoms with Gasteiger partial charge in [0.25, 0.3) is 0 Å². The van der Waals surface area contributed by atoms with Crippen LogP contribution in [-0.2, 0) is 38.1 Å². The van der Waals surface area contributed by atoms with Gasteiger partial charge < -0.3 is 18.9 Å². The van der Waals surface area contributed by atoms with Gasteiger partial charge in [0.1, 0.15) is 12.3 Å². The number of ether oxygens (including phenoxy) is 4. The van der Waals surface area contributed by atoms with Crippen LogP contribution in [0, 0.1) is 22.7 Å². The molecule has 208 valence electrons. The van der Waals surface area contributed by atoms with Crippen LogP contribution in [0.25, 0.3) is 0 Å². The molecular weight excluding hydrogens is 502 g/mol. The first-order valence-electron chi connectivity index (χ1n) is 13.0. The summed E-state index contributed by atoms with van der Waals surface area (Å²) in [5.74, 6) is -5.12. The maximum atomic E-state index is 17.9. The molecule has 0 aromatic rings. The van der Waals surface area contributed by atoms with Crippen LogP contribution in [0.5, 0.6) is 0 Å². The molecule has 0 aromatic carbocycles. The van der Waals surface area contributed by atoms with Crippen LogP contribution in [0.4, 0.5) is 8.78 Å². The van der Waals surface area contributed by atoms with E-state index >= 15 is 8.78 Å². The molecule has 0 N–H and O–H groups in total. The van der Waals surface area contributed by atoms with Gasteiger partial charge in [-0.05, 0) is 63.7 Å². The lowest BCUT2D eigenvalue weighted by Crippen LogP contribution is -2.71. The van der Waals surface area contributed by atoms with Crippen LogP contribution < -0.4 is 0 Å². The number of ketones is 2. The molecule has 1 aliphatic heterocycles. The van der Waals surface area contributed by atoms with Crippen molar-refractivity contribution >= 4 is 23.5 Å². The second-order valence-corrected chi connectivity index (χ2v) is 12.2. The van der Waals surface area contributed by atoms with Gasteiger partial charge in [-0.2, -0.15) is 0 Å². The number of alkyl halides is 2. The summed E-state index contributed by atoms with van der Waals surface area (Å²) in [5.41, 5.74) is -6.61. The zero-order chi connectivity index (χ0) is 28.1. The largest absolute Gasteiger partial charge is 0.459 e. The first-order chi connectivity index (χ1) is 17.5. The SMILES string of the molecule is CC(=O)OCC(=O)[C@@]12OC(C)(C)O[C@@H]1C[C@H]1[C@@H]3C[C@H](F)C4=CC(=O)C=C[C@]4(C)[C@@]3(F)[C@@H](OC(C)=O)C[C@@]12C. The Balaban J connectivity index is 1.67. The van der Waals surface area contributed by atoms with Crippen molar-refractivity contribution < 1.29 is 46.9 Å². The lowest BCUT2D eigenvalue weighted by molar-refractivity contribution is -0.253. The van der Waals surface area contributed by atoms with Gasteiger partial charge >= 0.3 is 11.9 Å². The smallest absolute Gasteiger partial charge is 0.303 e. The molecule has 0 bridgehead atoms. The number of hydrogen-bond acceptors (Lipinski definition) is 8. The minimum atomic E-state index is -2.28. The van der Waals surface area contributed by atoms with E-state index in [1.165, 1.54) is 32.9 Å². The minimum absolute atomic E-state index is 0.0250. The summed E-state index contributed by atoms with van der Waals surface area (Å²) in [7, 11) is 0. The molecule has 0 aromatic heterocycles. The number of rotatable bonds is 4. The average molecular weight is 537 g/mol. The number of carbonyl (C=O) groups is 4. The number of halogens is 2. The van der Waals surface area contributed by atoms with Crippen LogP contribution in [-0.4, -0.2) is 65.5 Å². The normalized spacial score (nSPS) is 46.3. The van der Waals surface area contributed by atoms with Crippen molar-refractivity contribution in [2.45, 2.75) is 96.2 Å². The van der Waals surface area contributed by atoms with Crippen molar-refractivity contribution in [2.24, 2.45) is 22.7 Å². The highest BCUT2D eigenvalue weighted by Crippen LogP contribution is 2.73. The zero-order valence-electron chi connectivity index (χ0n) is 22.5. The molecular formula is C28H34F2O8. The van der Waals surface area contributed by atoms with Gasteiger partial charge in [-0.15, -0.1) is 0 Å². The van der Waals surface area contributed by atoms with Gasteiger partial charge in [0.2, 0.25) is 5.78 Å². The number of esters is 2. The fourth-order valence-corrected chi connectivity index (χ4v) is 8.37. The highest BCUT2D eigenvalue weighted by molar-refractivity contribution is 6.01. The molecule has 4 fully saturated rings. The van der Waals surface area contributed by atoms with Crippen LogP contribution in [0.15, 0.2) is 23.8 Å². The summed E-state index contributed by atoms with van der Waals surface area (Å²) in [6.07, 6.45) is -0.250. The van der Waals surface area contributed by atoms with E-state index in [0.717, 1.165) is 6.08 Å². The Hall–Kier alpha value is -2.46. The first kappa shape index (κ1) is 27.1. The topological polar surface area (TPSA) is 105 Å². The molecule has 5 aliphatic rings. The number of allylic oxidation sites excluding steroid dienone is 4. The van der Waals surface area contributed by atoms with E-state index in [4.69, 9.17) is 18.9 Å². The molecule has 1 saturated heterocycles. The van der Waals surface area contributed by atoms with Gasteiger partial charge in [-0.3, -0.25) is 19.2 Å². The van der Waals surface area contributed by atoms with E-state index in [9.17, 15) is 19.2 Å². The molecule has 9 atom stereocenters. The lowest BCUT2D eigenvalue weighted by Gasteiger charge is -2.63. The monoisotopic (exact) mass is 536 g/mol. The van der Waals surface area contributed by atoms with Gasteiger partial charge in [0.15, 0.2) is 29.4 Å². The maximum Gasteiger partial charge on any atom is 0.303 e. The predicted octanol–water partition coefficient (Wildman–Crippen LogP) is 3.51. The van der Waals surface area contributed by atoms with E-state index in [-0.39, 0.29) is 24.8 Å². The fraction of sp³-hybridized carbons (Fsp3) is 0.714. The molecule has 0 unspecified atom stereocenters. The Labute approximate surface area is 220 Å². The summed E-state index contributed by atoms with van der Waals surface area (Å²) in [5, 5.41) is 0. The summed E-state index contributed by atoms with van der Waals surface area (Å²) in [6.45, 7) is 8.41. The second kappa shape index (κ2) is 8.27. The summed E-state index contributed by atoms with van der Waals surface area (Å²) in [4.78, 5) is 49.8. The Morgan fingerprint density at radius 3 is 2.39 bits per heavy atom. The van der Waals surface area contributed by atoms with Gasteiger partial charge in [-0.1, -0.05) is 13.0 Å². The lowest BCUT2D eigenvalue weighted by atomic mass is 9.44. The van der Waals surface area contributed by atoms with E-state index in [2.05, 4.69) is 0 Å². The molecule has 0 amide bonds. The van der Waals surface area contributed by atoms with Crippen molar-refractivity contribution in [1.29, 1.82) is 0 Å². The Morgan fingerprint density at radius 1 is 1.08 bits per heavy atom. The molecule has 3 saturated carbocycles. The van der Waals surface area contributed by atoms with Crippen molar-refractivity contribution in [3.05, 3.63) is 23.8 Å². The van der Waals surface area contributed by atoms with Gasteiger partial charge in [0.05, 0.1) is 6.10 Å². The first-order valence-corrected chi connectivity index (χ1v) is 13.0. The summed E-state index contributed by atoms with van der Waals surface area (Å²) < 4.78 is 57.0. The molecule has 8 nitrogen and oxygen atoms in total. The second-order valence-electron chi connectivity index (χ2n) is 12.2. The van der Waals surface area contributed by atoms with Crippen LogP contribution in [0.1, 0.15) is 60.8 Å². The minimum Gasteiger partial charge on any atom is -0.459 e. The third kappa shape index (κ3) is 3.38. The van der Waals surface area contributed by atoms with Crippen molar-refractivity contribution in [2.75, 3.05) is 6.61 Å². The molecule has 5 rings (SSSR count). The fourth-order valence-electron chi connectivity index (χ4n) is 8.37. The maximum absolute atomic E-state index is 17.9. The van der Waals surface area contributed by atoms with Crippen LogP contribution in [0.3, 0.4) is 0 Å². The van der Waals surface area contributed by atoms with E-state index in [1.807, 2.05) is 0 Å². The summed E-state index contributed by atoms with van der Waals surface area (Å²) >= 11 is 0. The Kier molecular flexibility index (Phi) is 5.90. The quantitative estimate of drug-likeness (QED) is 0.503. The van der Waals surface area contributed by atoms with Crippen molar-refractivity contribution in [3.63, 3.8) is 0 Å². The number of fused-ring (bicyclic) bond motifs is 7. The molecule has 0 spiro atoms. The van der Waals surface area contributed by atoms with Crippen LogP contribution in [0.2, 0.25) is 0 Å². The van der Waals surface area contributed by atoms with Crippen LogP contribution >= 0.6 is 0 Å². The predicted molar refractivity (Wildman–Crippen MR) is 128 cm³/mol. The zero-order valence-corrected chi connectivity index (χ0v) is 22.5. The molecule has 10 heteroatoms. The number of Topliss-reactive ketones (excluding diaryl/α,β-unsaturated/α-hetero) is 1. The highest BCUT2D eigenvalue weighted by Gasteiger charge is 2.81. The van der Waals surface area contributed by atoms with Crippen molar-refractivity contribution in [1.82, 2.24) is 0 Å². The Morgan fingerprint density at radius 2 is 1.76 bits per heavy atom. The molecule has 38 heavy (non-hydrogen) atoms.